The Hall–Kier alpha value is -2.47. The van der Waals surface area contributed by atoms with Gasteiger partial charge in [0.15, 0.2) is 17.3 Å². The third-order valence-corrected chi connectivity index (χ3v) is 6.76. The van der Waals surface area contributed by atoms with Crippen LogP contribution in [-0.4, -0.2) is 73.7 Å². The van der Waals surface area contributed by atoms with E-state index in [1.807, 2.05) is 6.92 Å². The number of pyridine rings is 1. The number of carbonyl (C=O) groups excluding carboxylic acids is 1. The minimum Gasteiger partial charge on any atom is -0.387 e. The number of halogens is 1. The summed E-state index contributed by atoms with van der Waals surface area (Å²) in [6, 6.07) is 1.72. The highest BCUT2D eigenvalue weighted by molar-refractivity contribution is 8.01. The summed E-state index contributed by atoms with van der Waals surface area (Å²) in [6.45, 7) is 2.34. The van der Waals surface area contributed by atoms with E-state index >= 15 is 0 Å². The van der Waals surface area contributed by atoms with Gasteiger partial charge in [-0.3, -0.25) is 14.3 Å². The molecule has 0 aromatic carbocycles. The number of nitrogens with one attached hydrogen (secondary N) is 2. The van der Waals surface area contributed by atoms with Gasteiger partial charge >= 0.3 is 0 Å². The van der Waals surface area contributed by atoms with Crippen LogP contribution in [0.4, 0.5) is 5.82 Å². The molecule has 1 aliphatic heterocycles. The summed E-state index contributed by atoms with van der Waals surface area (Å²) >= 11 is 7.39. The van der Waals surface area contributed by atoms with E-state index in [0.717, 1.165) is 0 Å². The fourth-order valence-electron chi connectivity index (χ4n) is 3.57. The van der Waals surface area contributed by atoms with Gasteiger partial charge in [0.2, 0.25) is 5.91 Å². The molecule has 0 radical (unpaired) electrons. The van der Waals surface area contributed by atoms with Crippen molar-refractivity contribution in [2.24, 2.45) is 0 Å². The van der Waals surface area contributed by atoms with Crippen molar-refractivity contribution in [2.45, 2.75) is 29.8 Å². The normalized spacial score (nSPS) is 23.3. The summed E-state index contributed by atoms with van der Waals surface area (Å²) in [5, 5.41) is 16.2. The third-order valence-electron chi connectivity index (χ3n) is 4.99. The molecule has 4 rings (SSSR count). The minimum absolute atomic E-state index is 0.179. The third kappa shape index (κ3) is 3.93. The van der Waals surface area contributed by atoms with E-state index in [2.05, 4.69) is 30.6 Å². The van der Waals surface area contributed by atoms with Gasteiger partial charge in [0, 0.05) is 38.7 Å². The minimum atomic E-state index is -0.940. The number of aliphatic hydroxyl groups excluding tert-OH is 1. The van der Waals surface area contributed by atoms with E-state index in [9.17, 15) is 9.90 Å². The maximum absolute atomic E-state index is 12.5. The summed E-state index contributed by atoms with van der Waals surface area (Å²) in [4.78, 5) is 30.3. The number of amides is 1. The van der Waals surface area contributed by atoms with Gasteiger partial charge in [0.1, 0.15) is 28.3 Å². The number of rotatable bonds is 6. The number of aliphatic hydroxyl groups is 1. The molecule has 4 atom stereocenters. The predicted molar refractivity (Wildman–Crippen MR) is 119 cm³/mol. The van der Waals surface area contributed by atoms with Gasteiger partial charge in [-0.15, -0.1) is 11.8 Å². The number of ether oxygens (including phenoxy) is 1. The second kappa shape index (κ2) is 8.95. The van der Waals surface area contributed by atoms with Crippen molar-refractivity contribution >= 4 is 46.3 Å². The van der Waals surface area contributed by atoms with Crippen molar-refractivity contribution < 1.29 is 14.6 Å². The summed E-state index contributed by atoms with van der Waals surface area (Å²) in [7, 11) is 3.23. The summed E-state index contributed by atoms with van der Waals surface area (Å²) in [6.07, 6.45) is 3.14. The molecule has 31 heavy (non-hydrogen) atoms. The maximum Gasteiger partial charge on any atom is 0.235 e. The van der Waals surface area contributed by atoms with Crippen LogP contribution in [0.25, 0.3) is 22.6 Å². The van der Waals surface area contributed by atoms with Gasteiger partial charge in [-0.2, -0.15) is 0 Å². The van der Waals surface area contributed by atoms with E-state index < -0.39 is 22.8 Å². The maximum atomic E-state index is 12.5. The molecule has 3 aromatic heterocycles. The predicted octanol–water partition coefficient (Wildman–Crippen LogP) is 1.71. The molecule has 0 spiro atoms. The first-order valence-electron chi connectivity index (χ1n) is 9.65. The molecule has 3 N–H and O–H groups in total. The molecular formula is C19H22ClN7O3S. The Labute approximate surface area is 187 Å². The standard InChI is InChI=1S/C19H22ClN7O3S/c1-4-23-18(29)14-13(30-3)12(28)19(31-14)27-8-24-11-16(21-2)25-15(26-17(11)27)9-5-10(20)7-22-6-9/h5-8,12-14,19,28H,4H2,1-3H3,(H,23,29)(H,21,25,26)/t12-,13+,14+,19-/m1/s1. The van der Waals surface area contributed by atoms with Crippen LogP contribution in [0.3, 0.4) is 0 Å². The average molecular weight is 464 g/mol. The van der Waals surface area contributed by atoms with Crippen LogP contribution < -0.4 is 10.6 Å². The van der Waals surface area contributed by atoms with E-state index in [1.54, 1.807) is 30.2 Å². The summed E-state index contributed by atoms with van der Waals surface area (Å²) in [5.74, 6) is 0.760. The second-order valence-electron chi connectivity index (χ2n) is 6.89. The number of hydrogen-bond donors (Lipinski definition) is 3. The highest BCUT2D eigenvalue weighted by Gasteiger charge is 2.48. The SMILES string of the molecule is CCNC(=O)[C@H]1S[C@@H](n2cnc3c(NC)nc(-c4cncc(Cl)c4)nc32)[C@H](O)[C@@H]1OC. The highest BCUT2D eigenvalue weighted by atomic mass is 35.5. The average Bonchev–Trinajstić information content (AvgIpc) is 3.33. The van der Waals surface area contributed by atoms with Crippen LogP contribution in [-0.2, 0) is 9.53 Å². The molecule has 3 aromatic rings. The number of hydrogen-bond acceptors (Lipinski definition) is 9. The van der Waals surface area contributed by atoms with E-state index in [4.69, 9.17) is 16.3 Å². The number of aromatic nitrogens is 5. The van der Waals surface area contributed by atoms with Crippen molar-refractivity contribution in [1.29, 1.82) is 0 Å². The number of methoxy groups -OCH3 is 1. The van der Waals surface area contributed by atoms with Crippen LogP contribution in [0.2, 0.25) is 5.02 Å². The molecule has 1 amide bonds. The molecule has 0 aliphatic carbocycles. The Bertz CT molecular complexity index is 1110. The van der Waals surface area contributed by atoms with Gasteiger partial charge in [-0.05, 0) is 13.0 Å². The zero-order valence-electron chi connectivity index (χ0n) is 17.1. The molecule has 0 bridgehead atoms. The zero-order valence-corrected chi connectivity index (χ0v) is 18.7. The van der Waals surface area contributed by atoms with Gasteiger partial charge in [-0.25, -0.2) is 15.0 Å². The fourth-order valence-corrected chi connectivity index (χ4v) is 5.28. The summed E-state index contributed by atoms with van der Waals surface area (Å²) < 4.78 is 7.21. The Morgan fingerprint density at radius 3 is 2.87 bits per heavy atom. The lowest BCUT2D eigenvalue weighted by Crippen LogP contribution is -2.42. The topological polar surface area (TPSA) is 127 Å². The molecule has 1 aliphatic rings. The number of fused-ring (bicyclic) bond motifs is 1. The molecule has 0 unspecified atom stereocenters. The largest absolute Gasteiger partial charge is 0.387 e. The van der Waals surface area contributed by atoms with Crippen molar-refractivity contribution in [2.75, 3.05) is 26.0 Å². The first-order valence-corrected chi connectivity index (χ1v) is 11.0. The number of carbonyl (C=O) groups is 1. The fraction of sp³-hybridized carbons (Fsp3) is 0.421. The Morgan fingerprint density at radius 1 is 1.39 bits per heavy atom. The Kier molecular flexibility index (Phi) is 6.28. The lowest BCUT2D eigenvalue weighted by Gasteiger charge is -2.20. The number of anilines is 1. The molecular weight excluding hydrogens is 442 g/mol. The van der Waals surface area contributed by atoms with Gasteiger partial charge in [-0.1, -0.05) is 11.6 Å². The van der Waals surface area contributed by atoms with E-state index in [1.165, 1.54) is 25.1 Å². The molecule has 0 saturated carbocycles. The van der Waals surface area contributed by atoms with Crippen LogP contribution in [0.1, 0.15) is 12.3 Å². The first kappa shape index (κ1) is 21.8. The number of thioether (sulfide) groups is 1. The number of imidazole rings is 1. The molecule has 10 nitrogen and oxygen atoms in total. The Balaban J connectivity index is 1.79. The van der Waals surface area contributed by atoms with Crippen LogP contribution >= 0.6 is 23.4 Å². The molecule has 4 heterocycles. The quantitative estimate of drug-likeness (QED) is 0.500. The molecule has 1 saturated heterocycles. The van der Waals surface area contributed by atoms with Crippen LogP contribution in [0.15, 0.2) is 24.8 Å². The smallest absolute Gasteiger partial charge is 0.235 e. The van der Waals surface area contributed by atoms with Crippen molar-refractivity contribution in [3.05, 3.63) is 29.8 Å². The van der Waals surface area contributed by atoms with E-state index in [0.29, 0.717) is 39.9 Å². The van der Waals surface area contributed by atoms with Gasteiger partial charge in [0.25, 0.3) is 0 Å². The highest BCUT2D eigenvalue weighted by Crippen LogP contribution is 2.44. The first-order chi connectivity index (χ1) is 15.0. The molecule has 1 fully saturated rings. The van der Waals surface area contributed by atoms with Gasteiger partial charge in [0.05, 0.1) is 11.3 Å². The molecule has 164 valence electrons. The van der Waals surface area contributed by atoms with Crippen LogP contribution in [0, 0.1) is 0 Å². The lowest BCUT2D eigenvalue weighted by atomic mass is 10.1. The second-order valence-corrected chi connectivity index (χ2v) is 8.59. The Morgan fingerprint density at radius 2 is 2.19 bits per heavy atom. The summed E-state index contributed by atoms with van der Waals surface area (Å²) in [5.41, 5.74) is 1.70. The molecule has 12 heteroatoms. The van der Waals surface area contributed by atoms with E-state index in [-0.39, 0.29) is 5.91 Å². The van der Waals surface area contributed by atoms with Crippen molar-refractivity contribution in [3.8, 4) is 11.4 Å². The van der Waals surface area contributed by atoms with Crippen LogP contribution in [0.5, 0.6) is 0 Å². The lowest BCUT2D eigenvalue weighted by molar-refractivity contribution is -0.124. The zero-order chi connectivity index (χ0) is 22.1. The monoisotopic (exact) mass is 463 g/mol. The van der Waals surface area contributed by atoms with Crippen molar-refractivity contribution in [3.63, 3.8) is 0 Å². The van der Waals surface area contributed by atoms with Crippen molar-refractivity contribution in [1.82, 2.24) is 29.8 Å². The van der Waals surface area contributed by atoms with Gasteiger partial charge < -0.3 is 20.5 Å². The number of nitrogens with zero attached hydrogens (tertiary/aromatic N) is 5.